The summed E-state index contributed by atoms with van der Waals surface area (Å²) in [7, 11) is -7.34. The molecule has 2 aromatic rings. The number of nitrogens with zero attached hydrogens (tertiary/aromatic N) is 1. The average Bonchev–Trinajstić information content (AvgIpc) is 3.18. The Kier molecular flexibility index (Phi) is 6.64. The highest BCUT2D eigenvalue weighted by atomic mass is 35.5. The molecule has 1 aliphatic heterocycles. The molecule has 0 radical (unpaired) electrons. The molecule has 0 aliphatic carbocycles. The summed E-state index contributed by atoms with van der Waals surface area (Å²) in [5.74, 6) is -0.480. The highest BCUT2D eigenvalue weighted by Crippen LogP contribution is 2.32. The minimum absolute atomic E-state index is 0.0320. The van der Waals surface area contributed by atoms with Crippen molar-refractivity contribution in [2.24, 2.45) is 0 Å². The summed E-state index contributed by atoms with van der Waals surface area (Å²) in [6, 6.07) is 8.82. The predicted molar refractivity (Wildman–Crippen MR) is 110 cm³/mol. The predicted octanol–water partition coefficient (Wildman–Crippen LogP) is 3.00. The molecule has 3 rings (SSSR count). The quantitative estimate of drug-likeness (QED) is 0.686. The van der Waals surface area contributed by atoms with Crippen LogP contribution in [0.5, 0.6) is 0 Å². The topological polar surface area (TPSA) is 83.5 Å². The number of hydrogen-bond acceptors (Lipinski definition) is 5. The van der Waals surface area contributed by atoms with E-state index >= 15 is 0 Å². The smallest absolute Gasteiger partial charge is 0.240 e. The second kappa shape index (κ2) is 8.69. The van der Waals surface area contributed by atoms with Crippen LogP contribution in [0.2, 0.25) is 5.02 Å². The van der Waals surface area contributed by atoms with Crippen molar-refractivity contribution in [3.05, 3.63) is 58.9 Å². The zero-order valence-electron chi connectivity index (χ0n) is 15.8. The van der Waals surface area contributed by atoms with Gasteiger partial charge in [0.1, 0.15) is 5.82 Å². The van der Waals surface area contributed by atoms with Gasteiger partial charge >= 0.3 is 0 Å². The number of likely N-dealkylation sites (tertiary alicyclic amines) is 1. The molecule has 0 aromatic heterocycles. The van der Waals surface area contributed by atoms with Gasteiger partial charge in [0.2, 0.25) is 10.0 Å². The van der Waals surface area contributed by atoms with Crippen LogP contribution in [-0.2, 0) is 19.9 Å². The van der Waals surface area contributed by atoms with E-state index in [0.717, 1.165) is 32.2 Å². The monoisotopic (exact) mass is 460 g/mol. The van der Waals surface area contributed by atoms with Gasteiger partial charge in [-0.3, -0.25) is 4.90 Å². The van der Waals surface area contributed by atoms with Crippen molar-refractivity contribution in [1.29, 1.82) is 0 Å². The Morgan fingerprint density at radius 1 is 1.03 bits per heavy atom. The Labute approximate surface area is 175 Å². The highest BCUT2D eigenvalue weighted by Gasteiger charge is 2.29. The van der Waals surface area contributed by atoms with E-state index in [1.807, 2.05) is 4.90 Å². The molecule has 1 unspecified atom stereocenters. The molecule has 1 saturated heterocycles. The van der Waals surface area contributed by atoms with Crippen LogP contribution in [0.1, 0.15) is 24.4 Å². The summed E-state index contributed by atoms with van der Waals surface area (Å²) in [6.07, 6.45) is 2.94. The molecule has 1 N–H and O–H groups in total. The zero-order chi connectivity index (χ0) is 21.2. The highest BCUT2D eigenvalue weighted by molar-refractivity contribution is 7.90. The lowest BCUT2D eigenvalue weighted by atomic mass is 10.0. The van der Waals surface area contributed by atoms with E-state index in [1.54, 1.807) is 6.07 Å². The first kappa shape index (κ1) is 22.2. The van der Waals surface area contributed by atoms with Gasteiger partial charge in [-0.25, -0.2) is 25.9 Å². The molecule has 1 fully saturated rings. The van der Waals surface area contributed by atoms with Crippen LogP contribution in [-0.4, -0.2) is 47.6 Å². The van der Waals surface area contributed by atoms with Crippen molar-refractivity contribution >= 4 is 31.5 Å². The molecular formula is C19H22ClFN2O4S2. The van der Waals surface area contributed by atoms with E-state index in [-0.39, 0.29) is 26.9 Å². The van der Waals surface area contributed by atoms with Gasteiger partial charge in [-0.1, -0.05) is 17.7 Å². The first-order valence-corrected chi connectivity index (χ1v) is 12.8. The molecule has 1 heterocycles. The van der Waals surface area contributed by atoms with Crippen molar-refractivity contribution in [2.45, 2.75) is 28.7 Å². The van der Waals surface area contributed by atoms with Gasteiger partial charge < -0.3 is 0 Å². The van der Waals surface area contributed by atoms with Gasteiger partial charge in [0, 0.05) is 23.4 Å². The summed E-state index contributed by atoms with van der Waals surface area (Å²) in [4.78, 5) is 1.98. The molecule has 2 aromatic carbocycles. The van der Waals surface area contributed by atoms with Crippen LogP contribution < -0.4 is 4.72 Å². The third kappa shape index (κ3) is 5.16. The number of benzene rings is 2. The van der Waals surface area contributed by atoms with E-state index in [2.05, 4.69) is 4.72 Å². The standard InChI is InChI=1S/C19H22ClFN2O4S2/c1-28(24,25)14-7-9-15(10-8-14)29(26,27)22-13-18(23-11-2-3-12-23)19-16(20)5-4-6-17(19)21/h4-10,18,22H,2-3,11-13H2,1H3. The number of nitrogens with one attached hydrogen (secondary N) is 1. The molecule has 0 bridgehead atoms. The van der Waals surface area contributed by atoms with E-state index < -0.39 is 31.7 Å². The fraction of sp³-hybridized carbons (Fsp3) is 0.368. The Balaban J connectivity index is 1.85. The summed E-state index contributed by atoms with van der Waals surface area (Å²) in [5, 5.41) is 0.249. The van der Waals surface area contributed by atoms with E-state index in [1.165, 1.54) is 36.4 Å². The minimum atomic E-state index is -3.92. The van der Waals surface area contributed by atoms with Gasteiger partial charge in [0.25, 0.3) is 0 Å². The third-order valence-corrected chi connectivity index (χ3v) is 7.84. The minimum Gasteiger partial charge on any atom is -0.295 e. The first-order valence-electron chi connectivity index (χ1n) is 9.07. The Bertz CT molecular complexity index is 1060. The van der Waals surface area contributed by atoms with Crippen LogP contribution in [0.15, 0.2) is 52.3 Å². The molecule has 158 valence electrons. The van der Waals surface area contributed by atoms with Crippen molar-refractivity contribution in [3.63, 3.8) is 0 Å². The number of sulfonamides is 1. The Hall–Kier alpha value is -1.52. The number of sulfone groups is 1. The third-order valence-electron chi connectivity index (χ3n) is 4.94. The lowest BCUT2D eigenvalue weighted by Gasteiger charge is -2.29. The van der Waals surface area contributed by atoms with E-state index in [4.69, 9.17) is 11.6 Å². The van der Waals surface area contributed by atoms with Gasteiger partial charge in [-0.2, -0.15) is 0 Å². The molecule has 0 spiro atoms. The van der Waals surface area contributed by atoms with Crippen LogP contribution in [0.25, 0.3) is 0 Å². The molecular weight excluding hydrogens is 439 g/mol. The van der Waals surface area contributed by atoms with Crippen LogP contribution in [0.4, 0.5) is 4.39 Å². The number of rotatable bonds is 7. The van der Waals surface area contributed by atoms with Crippen molar-refractivity contribution in [2.75, 3.05) is 25.9 Å². The van der Waals surface area contributed by atoms with Crippen LogP contribution in [0.3, 0.4) is 0 Å². The summed E-state index contributed by atoms with van der Waals surface area (Å²) in [5.41, 5.74) is 0.270. The molecule has 0 saturated carbocycles. The fourth-order valence-corrected chi connectivity index (χ4v) is 5.39. The van der Waals surface area contributed by atoms with Crippen LogP contribution >= 0.6 is 11.6 Å². The number of halogens is 2. The maximum atomic E-state index is 14.5. The largest absolute Gasteiger partial charge is 0.295 e. The van der Waals surface area contributed by atoms with Crippen LogP contribution in [0, 0.1) is 5.82 Å². The molecule has 6 nitrogen and oxygen atoms in total. The second-order valence-electron chi connectivity index (χ2n) is 6.99. The second-order valence-corrected chi connectivity index (χ2v) is 11.2. The molecule has 10 heteroatoms. The van der Waals surface area contributed by atoms with E-state index in [9.17, 15) is 21.2 Å². The van der Waals surface area contributed by atoms with Gasteiger partial charge in [0.05, 0.1) is 15.8 Å². The van der Waals surface area contributed by atoms with Crippen molar-refractivity contribution in [1.82, 2.24) is 9.62 Å². The zero-order valence-corrected chi connectivity index (χ0v) is 18.2. The summed E-state index contributed by atoms with van der Waals surface area (Å²) in [6.45, 7) is 1.39. The number of hydrogen-bond donors (Lipinski definition) is 1. The lowest BCUT2D eigenvalue weighted by Crippen LogP contribution is -2.37. The Morgan fingerprint density at radius 3 is 2.17 bits per heavy atom. The molecule has 1 aliphatic rings. The summed E-state index contributed by atoms with van der Waals surface area (Å²) < 4.78 is 65.6. The molecule has 1 atom stereocenters. The maximum Gasteiger partial charge on any atom is 0.240 e. The fourth-order valence-electron chi connectivity index (χ4n) is 3.43. The lowest BCUT2D eigenvalue weighted by molar-refractivity contribution is 0.241. The van der Waals surface area contributed by atoms with E-state index in [0.29, 0.717) is 0 Å². The normalized spacial score (nSPS) is 16.8. The van der Waals surface area contributed by atoms with Gasteiger partial charge in [-0.15, -0.1) is 0 Å². The Morgan fingerprint density at radius 2 is 1.62 bits per heavy atom. The van der Waals surface area contributed by atoms with Crippen molar-refractivity contribution in [3.8, 4) is 0 Å². The van der Waals surface area contributed by atoms with Crippen molar-refractivity contribution < 1.29 is 21.2 Å². The SMILES string of the molecule is CS(=O)(=O)c1ccc(S(=O)(=O)NCC(c2c(F)cccc2Cl)N2CCCC2)cc1. The average molecular weight is 461 g/mol. The van der Waals surface area contributed by atoms with Gasteiger partial charge in [0.15, 0.2) is 9.84 Å². The maximum absolute atomic E-state index is 14.5. The first-order chi connectivity index (χ1) is 13.6. The van der Waals surface area contributed by atoms with Gasteiger partial charge in [-0.05, 0) is 62.3 Å². The summed E-state index contributed by atoms with van der Waals surface area (Å²) >= 11 is 6.23. The molecule has 29 heavy (non-hydrogen) atoms. The molecule has 0 amide bonds.